The molecule has 0 aromatic heterocycles. The summed E-state index contributed by atoms with van der Waals surface area (Å²) in [5, 5.41) is 3.62. The Labute approximate surface area is 72.8 Å². The molecule has 2 heterocycles. The van der Waals surface area contributed by atoms with Gasteiger partial charge in [-0.1, -0.05) is 30.3 Å². The number of hydrogen-bond donors (Lipinski definition) is 1. The number of benzene rings is 1. The Morgan fingerprint density at radius 3 is 2.50 bits per heavy atom. The minimum Gasteiger partial charge on any atom is -0.307 e. The normalized spacial score (nSPS) is 37.8. The highest BCUT2D eigenvalue weighted by Crippen LogP contribution is 2.50. The molecule has 1 aromatic rings. The van der Waals surface area contributed by atoms with Gasteiger partial charge in [-0.15, -0.1) is 0 Å². The minimum atomic E-state index is 0.381. The molecular formula is C11H13N. The van der Waals surface area contributed by atoms with Crippen molar-refractivity contribution in [3.05, 3.63) is 35.9 Å². The highest BCUT2D eigenvalue weighted by molar-refractivity contribution is 5.30. The zero-order chi connectivity index (χ0) is 8.02. The Kier molecular flexibility index (Phi) is 1.17. The Morgan fingerprint density at radius 2 is 1.92 bits per heavy atom. The molecule has 1 heteroatoms. The summed E-state index contributed by atoms with van der Waals surface area (Å²) in [6, 6.07) is 10.9. The minimum absolute atomic E-state index is 0.381. The van der Waals surface area contributed by atoms with Gasteiger partial charge in [-0.3, -0.25) is 0 Å². The molecule has 3 fully saturated rings. The van der Waals surface area contributed by atoms with Gasteiger partial charge in [-0.25, -0.2) is 0 Å². The molecule has 4 rings (SSSR count). The summed E-state index contributed by atoms with van der Waals surface area (Å²) < 4.78 is 0. The first-order chi connectivity index (χ1) is 5.89. The summed E-state index contributed by atoms with van der Waals surface area (Å²) in [6.07, 6.45) is 2.72. The molecule has 1 nitrogen and oxygen atoms in total. The van der Waals surface area contributed by atoms with E-state index in [2.05, 4.69) is 35.6 Å². The van der Waals surface area contributed by atoms with Crippen molar-refractivity contribution in [2.75, 3.05) is 6.54 Å². The van der Waals surface area contributed by atoms with E-state index in [-0.39, 0.29) is 0 Å². The van der Waals surface area contributed by atoms with Crippen LogP contribution in [0.4, 0.5) is 0 Å². The van der Waals surface area contributed by atoms with Gasteiger partial charge in [0.25, 0.3) is 0 Å². The Bertz CT molecular complexity index is 280. The third-order valence-electron chi connectivity index (χ3n) is 3.33. The summed E-state index contributed by atoms with van der Waals surface area (Å²) >= 11 is 0. The molecule has 0 atom stereocenters. The van der Waals surface area contributed by atoms with Gasteiger partial charge in [0.2, 0.25) is 0 Å². The average Bonchev–Trinajstić information content (AvgIpc) is 2.63. The fraction of sp³-hybridized carbons (Fsp3) is 0.455. The summed E-state index contributed by atoms with van der Waals surface area (Å²) in [5.41, 5.74) is 1.87. The predicted molar refractivity (Wildman–Crippen MR) is 48.8 cm³/mol. The van der Waals surface area contributed by atoms with E-state index in [1.165, 1.54) is 24.9 Å². The lowest BCUT2D eigenvalue weighted by Crippen LogP contribution is -2.39. The summed E-state index contributed by atoms with van der Waals surface area (Å²) in [7, 11) is 0. The quantitative estimate of drug-likeness (QED) is 0.660. The third-order valence-corrected chi connectivity index (χ3v) is 3.33. The molecule has 2 aliphatic heterocycles. The molecule has 0 spiro atoms. The second-order valence-corrected chi connectivity index (χ2v) is 4.10. The van der Waals surface area contributed by atoms with Crippen LogP contribution in [-0.2, 0) is 5.54 Å². The zero-order valence-electron chi connectivity index (χ0n) is 7.09. The van der Waals surface area contributed by atoms with E-state index < -0.39 is 0 Å². The first-order valence-electron chi connectivity index (χ1n) is 4.70. The lowest BCUT2D eigenvalue weighted by molar-refractivity contribution is 0.229. The second kappa shape index (κ2) is 2.11. The fourth-order valence-corrected chi connectivity index (χ4v) is 2.65. The highest BCUT2D eigenvalue weighted by atomic mass is 15.1. The van der Waals surface area contributed by atoms with Gasteiger partial charge in [0.05, 0.1) is 0 Å². The first-order valence-corrected chi connectivity index (χ1v) is 4.70. The molecule has 12 heavy (non-hydrogen) atoms. The summed E-state index contributed by atoms with van der Waals surface area (Å²) in [4.78, 5) is 0. The topological polar surface area (TPSA) is 12.0 Å². The van der Waals surface area contributed by atoms with Crippen LogP contribution >= 0.6 is 0 Å². The van der Waals surface area contributed by atoms with Crippen molar-refractivity contribution in [1.82, 2.24) is 5.32 Å². The van der Waals surface area contributed by atoms with Crippen molar-refractivity contribution < 1.29 is 0 Å². The largest absolute Gasteiger partial charge is 0.307 e. The maximum Gasteiger partial charge on any atom is 0.0441 e. The lowest BCUT2D eigenvalue weighted by atomic mass is 9.70. The van der Waals surface area contributed by atoms with Gasteiger partial charge < -0.3 is 5.32 Å². The van der Waals surface area contributed by atoms with Gasteiger partial charge in [0.1, 0.15) is 0 Å². The summed E-state index contributed by atoms with van der Waals surface area (Å²) in [5.74, 6) is 0.963. The van der Waals surface area contributed by atoms with E-state index in [9.17, 15) is 0 Å². The van der Waals surface area contributed by atoms with Crippen LogP contribution in [0.3, 0.4) is 0 Å². The van der Waals surface area contributed by atoms with Crippen LogP contribution < -0.4 is 5.32 Å². The number of fused-ring (bicyclic) bond motifs is 1. The van der Waals surface area contributed by atoms with Crippen molar-refractivity contribution in [3.8, 4) is 0 Å². The van der Waals surface area contributed by atoms with Gasteiger partial charge in [0, 0.05) is 5.54 Å². The predicted octanol–water partition coefficient (Wildman–Crippen LogP) is 1.90. The van der Waals surface area contributed by atoms with Crippen molar-refractivity contribution >= 4 is 0 Å². The first kappa shape index (κ1) is 6.67. The maximum atomic E-state index is 3.62. The fourth-order valence-electron chi connectivity index (χ4n) is 2.65. The van der Waals surface area contributed by atoms with Crippen LogP contribution in [-0.4, -0.2) is 6.54 Å². The van der Waals surface area contributed by atoms with Crippen LogP contribution in [0.2, 0.25) is 0 Å². The summed E-state index contributed by atoms with van der Waals surface area (Å²) in [6.45, 7) is 1.23. The Balaban J connectivity index is 1.99. The highest BCUT2D eigenvalue weighted by Gasteiger charge is 2.50. The van der Waals surface area contributed by atoms with Gasteiger partial charge >= 0.3 is 0 Å². The van der Waals surface area contributed by atoms with E-state index >= 15 is 0 Å². The van der Waals surface area contributed by atoms with Gasteiger partial charge in [-0.05, 0) is 30.9 Å². The Hall–Kier alpha value is -0.820. The van der Waals surface area contributed by atoms with E-state index in [0.717, 1.165) is 5.92 Å². The average molecular weight is 159 g/mol. The molecule has 62 valence electrons. The van der Waals surface area contributed by atoms with E-state index in [1.807, 2.05) is 0 Å². The van der Waals surface area contributed by atoms with Crippen LogP contribution in [0, 0.1) is 5.92 Å². The molecule has 1 aliphatic carbocycles. The molecule has 3 aliphatic rings. The van der Waals surface area contributed by atoms with Crippen LogP contribution in [0.1, 0.15) is 18.4 Å². The van der Waals surface area contributed by atoms with Crippen molar-refractivity contribution in [2.24, 2.45) is 5.92 Å². The smallest absolute Gasteiger partial charge is 0.0441 e. The monoisotopic (exact) mass is 159 g/mol. The third kappa shape index (κ3) is 0.721. The lowest BCUT2D eigenvalue weighted by Gasteiger charge is -2.38. The SMILES string of the molecule is c1ccc(C23CC(CN2)C3)cc1. The van der Waals surface area contributed by atoms with Gasteiger partial charge in [-0.2, -0.15) is 0 Å². The Morgan fingerprint density at radius 1 is 1.17 bits per heavy atom. The van der Waals surface area contributed by atoms with Gasteiger partial charge in [0.15, 0.2) is 0 Å². The molecule has 2 saturated heterocycles. The van der Waals surface area contributed by atoms with Crippen LogP contribution in [0.5, 0.6) is 0 Å². The van der Waals surface area contributed by atoms with Crippen LogP contribution in [0.25, 0.3) is 0 Å². The molecule has 1 saturated carbocycles. The molecule has 1 N–H and O–H groups in total. The molecule has 0 unspecified atom stereocenters. The molecule has 2 bridgehead atoms. The number of rotatable bonds is 1. The maximum absolute atomic E-state index is 3.62. The molecule has 1 aromatic carbocycles. The molecule has 0 amide bonds. The van der Waals surface area contributed by atoms with Crippen molar-refractivity contribution in [3.63, 3.8) is 0 Å². The molecule has 0 radical (unpaired) electrons. The van der Waals surface area contributed by atoms with Crippen LogP contribution in [0.15, 0.2) is 30.3 Å². The van der Waals surface area contributed by atoms with E-state index in [0.29, 0.717) is 5.54 Å². The van der Waals surface area contributed by atoms with Crippen molar-refractivity contribution in [2.45, 2.75) is 18.4 Å². The van der Waals surface area contributed by atoms with E-state index in [4.69, 9.17) is 0 Å². The standard InChI is InChI=1S/C11H13N/c1-2-4-10(5-3-1)11-6-9(7-11)8-12-11/h1-5,9,12H,6-8H2. The number of hydrogen-bond acceptors (Lipinski definition) is 1. The van der Waals surface area contributed by atoms with Crippen molar-refractivity contribution in [1.29, 1.82) is 0 Å². The second-order valence-electron chi connectivity index (χ2n) is 4.10. The molecular weight excluding hydrogens is 146 g/mol. The number of nitrogens with one attached hydrogen (secondary N) is 1. The van der Waals surface area contributed by atoms with E-state index in [1.54, 1.807) is 0 Å². The zero-order valence-corrected chi connectivity index (χ0v) is 7.09.